The number of benzene rings is 2. The van der Waals surface area contributed by atoms with Crippen molar-refractivity contribution >= 4 is 22.5 Å². The van der Waals surface area contributed by atoms with Crippen molar-refractivity contribution < 1.29 is 0 Å². The summed E-state index contributed by atoms with van der Waals surface area (Å²) in [5.74, 6) is 0. The Labute approximate surface area is 129 Å². The predicted molar refractivity (Wildman–Crippen MR) is 88.8 cm³/mol. The molecule has 3 heteroatoms. The number of hydrogen-bond donors (Lipinski definition) is 1. The highest BCUT2D eigenvalue weighted by Gasteiger charge is 2.16. The standard InChI is InChI=1S/C18H17ClN2/c1-12-5-3-7-15(17(12)19)18(20-2)14-9-8-13-6-4-10-21-16(13)11-14/h3-11,18,20H,1-2H3. The van der Waals surface area contributed by atoms with Gasteiger partial charge in [-0.15, -0.1) is 0 Å². The fraction of sp³-hybridized carbons (Fsp3) is 0.167. The summed E-state index contributed by atoms with van der Waals surface area (Å²) in [7, 11) is 1.95. The molecule has 1 unspecified atom stereocenters. The quantitative estimate of drug-likeness (QED) is 0.769. The molecule has 1 heterocycles. The normalized spacial score (nSPS) is 12.5. The number of aromatic nitrogens is 1. The number of aryl methyl sites for hydroxylation is 1. The molecule has 1 aromatic heterocycles. The molecule has 21 heavy (non-hydrogen) atoms. The molecule has 0 saturated heterocycles. The van der Waals surface area contributed by atoms with E-state index in [4.69, 9.17) is 11.6 Å². The number of nitrogens with zero attached hydrogens (tertiary/aromatic N) is 1. The molecule has 0 aliphatic heterocycles. The van der Waals surface area contributed by atoms with Crippen LogP contribution in [0.25, 0.3) is 10.9 Å². The van der Waals surface area contributed by atoms with E-state index >= 15 is 0 Å². The summed E-state index contributed by atoms with van der Waals surface area (Å²) in [5, 5.41) is 5.32. The van der Waals surface area contributed by atoms with E-state index in [1.807, 2.05) is 38.4 Å². The van der Waals surface area contributed by atoms with E-state index in [9.17, 15) is 0 Å². The van der Waals surface area contributed by atoms with Gasteiger partial charge in [0.05, 0.1) is 11.6 Å². The fourth-order valence-corrected chi connectivity index (χ4v) is 2.89. The Morgan fingerprint density at radius 1 is 1.10 bits per heavy atom. The van der Waals surface area contributed by atoms with Crippen molar-refractivity contribution in [3.05, 3.63) is 76.4 Å². The van der Waals surface area contributed by atoms with Crippen molar-refractivity contribution in [1.29, 1.82) is 0 Å². The molecule has 0 radical (unpaired) electrons. The van der Waals surface area contributed by atoms with Crippen LogP contribution in [0.1, 0.15) is 22.7 Å². The first-order valence-corrected chi connectivity index (χ1v) is 7.35. The van der Waals surface area contributed by atoms with E-state index in [1.54, 1.807) is 0 Å². The molecular weight excluding hydrogens is 280 g/mol. The Morgan fingerprint density at radius 2 is 1.95 bits per heavy atom. The van der Waals surface area contributed by atoms with Crippen LogP contribution in [0, 0.1) is 6.92 Å². The van der Waals surface area contributed by atoms with Gasteiger partial charge in [0.25, 0.3) is 0 Å². The summed E-state index contributed by atoms with van der Waals surface area (Å²) >= 11 is 6.48. The summed E-state index contributed by atoms with van der Waals surface area (Å²) in [5.41, 5.74) is 4.35. The number of hydrogen-bond acceptors (Lipinski definition) is 2. The molecule has 2 aromatic carbocycles. The average Bonchev–Trinajstić information content (AvgIpc) is 2.52. The lowest BCUT2D eigenvalue weighted by atomic mass is 9.96. The highest BCUT2D eigenvalue weighted by molar-refractivity contribution is 6.32. The zero-order valence-electron chi connectivity index (χ0n) is 12.1. The highest BCUT2D eigenvalue weighted by Crippen LogP contribution is 2.31. The summed E-state index contributed by atoms with van der Waals surface area (Å²) in [6.07, 6.45) is 1.82. The van der Waals surface area contributed by atoms with Crippen molar-refractivity contribution in [3.63, 3.8) is 0 Å². The van der Waals surface area contributed by atoms with Crippen molar-refractivity contribution in [2.75, 3.05) is 7.05 Å². The van der Waals surface area contributed by atoms with Gasteiger partial charge in [-0.3, -0.25) is 4.98 Å². The van der Waals surface area contributed by atoms with Crippen LogP contribution < -0.4 is 5.32 Å². The maximum absolute atomic E-state index is 6.48. The molecule has 0 amide bonds. The van der Waals surface area contributed by atoms with E-state index in [0.717, 1.165) is 32.6 Å². The monoisotopic (exact) mass is 296 g/mol. The molecule has 0 aliphatic rings. The number of halogens is 1. The smallest absolute Gasteiger partial charge is 0.0705 e. The maximum atomic E-state index is 6.48. The van der Waals surface area contributed by atoms with E-state index in [0.29, 0.717) is 0 Å². The SMILES string of the molecule is CNC(c1ccc2cccnc2c1)c1cccc(C)c1Cl. The van der Waals surface area contributed by atoms with Crippen molar-refractivity contribution in [2.24, 2.45) is 0 Å². The van der Waals surface area contributed by atoms with Crippen LogP contribution >= 0.6 is 11.6 Å². The Bertz CT molecular complexity index is 783. The van der Waals surface area contributed by atoms with Gasteiger partial charge in [0.2, 0.25) is 0 Å². The van der Waals surface area contributed by atoms with Crippen LogP contribution in [0.2, 0.25) is 5.02 Å². The molecule has 0 bridgehead atoms. The Morgan fingerprint density at radius 3 is 2.76 bits per heavy atom. The second kappa shape index (κ2) is 5.84. The van der Waals surface area contributed by atoms with Crippen molar-refractivity contribution in [2.45, 2.75) is 13.0 Å². The van der Waals surface area contributed by atoms with E-state index < -0.39 is 0 Å². The Hall–Kier alpha value is -1.90. The molecule has 0 spiro atoms. The number of pyridine rings is 1. The molecule has 3 rings (SSSR count). The predicted octanol–water partition coefficient (Wildman–Crippen LogP) is 4.51. The van der Waals surface area contributed by atoms with E-state index in [2.05, 4.69) is 40.6 Å². The number of nitrogens with one attached hydrogen (secondary N) is 1. The van der Waals surface area contributed by atoms with Gasteiger partial charge in [-0.1, -0.05) is 48.0 Å². The number of rotatable bonds is 3. The average molecular weight is 297 g/mol. The van der Waals surface area contributed by atoms with Gasteiger partial charge in [-0.05, 0) is 42.8 Å². The first-order chi connectivity index (χ1) is 10.2. The second-order valence-electron chi connectivity index (χ2n) is 5.16. The van der Waals surface area contributed by atoms with Gasteiger partial charge in [0, 0.05) is 16.6 Å². The first kappa shape index (κ1) is 14.1. The summed E-state index contributed by atoms with van der Waals surface area (Å²) in [4.78, 5) is 4.43. The van der Waals surface area contributed by atoms with E-state index in [-0.39, 0.29) is 6.04 Å². The van der Waals surface area contributed by atoms with Crippen LogP contribution in [0.3, 0.4) is 0 Å². The maximum Gasteiger partial charge on any atom is 0.0705 e. The lowest BCUT2D eigenvalue weighted by Crippen LogP contribution is -2.18. The zero-order valence-corrected chi connectivity index (χ0v) is 12.9. The van der Waals surface area contributed by atoms with Crippen molar-refractivity contribution in [3.8, 4) is 0 Å². The van der Waals surface area contributed by atoms with Gasteiger partial charge in [-0.2, -0.15) is 0 Å². The number of fused-ring (bicyclic) bond motifs is 1. The third-order valence-electron chi connectivity index (χ3n) is 3.78. The summed E-state index contributed by atoms with van der Waals surface area (Å²) in [6, 6.07) is 16.6. The molecular formula is C18H17ClN2. The third kappa shape index (κ3) is 2.65. The van der Waals surface area contributed by atoms with Gasteiger partial charge >= 0.3 is 0 Å². The minimum absolute atomic E-state index is 0.0591. The fourth-order valence-electron chi connectivity index (χ4n) is 2.66. The minimum atomic E-state index is 0.0591. The lowest BCUT2D eigenvalue weighted by molar-refractivity contribution is 0.692. The minimum Gasteiger partial charge on any atom is -0.309 e. The van der Waals surface area contributed by atoms with Crippen LogP contribution in [-0.4, -0.2) is 12.0 Å². The Kier molecular flexibility index (Phi) is 3.91. The molecule has 1 atom stereocenters. The summed E-state index contributed by atoms with van der Waals surface area (Å²) < 4.78 is 0. The van der Waals surface area contributed by atoms with Gasteiger partial charge in [0.1, 0.15) is 0 Å². The van der Waals surface area contributed by atoms with Gasteiger partial charge in [-0.25, -0.2) is 0 Å². The van der Waals surface area contributed by atoms with Gasteiger partial charge in [0.15, 0.2) is 0 Å². The molecule has 2 nitrogen and oxygen atoms in total. The van der Waals surface area contributed by atoms with Crippen LogP contribution in [-0.2, 0) is 0 Å². The highest BCUT2D eigenvalue weighted by atomic mass is 35.5. The van der Waals surface area contributed by atoms with Crippen LogP contribution in [0.15, 0.2) is 54.7 Å². The Balaban J connectivity index is 2.11. The molecule has 0 aliphatic carbocycles. The van der Waals surface area contributed by atoms with E-state index in [1.165, 1.54) is 0 Å². The second-order valence-corrected chi connectivity index (χ2v) is 5.53. The molecule has 0 saturated carbocycles. The molecule has 0 fully saturated rings. The largest absolute Gasteiger partial charge is 0.309 e. The zero-order chi connectivity index (χ0) is 14.8. The van der Waals surface area contributed by atoms with Crippen molar-refractivity contribution in [1.82, 2.24) is 10.3 Å². The van der Waals surface area contributed by atoms with Crippen LogP contribution in [0.4, 0.5) is 0 Å². The summed E-state index contributed by atoms with van der Waals surface area (Å²) in [6.45, 7) is 2.03. The topological polar surface area (TPSA) is 24.9 Å². The molecule has 3 aromatic rings. The first-order valence-electron chi connectivity index (χ1n) is 6.97. The van der Waals surface area contributed by atoms with Crippen LogP contribution in [0.5, 0.6) is 0 Å². The van der Waals surface area contributed by atoms with Gasteiger partial charge < -0.3 is 5.32 Å². The molecule has 106 valence electrons. The lowest BCUT2D eigenvalue weighted by Gasteiger charge is -2.20. The third-order valence-corrected chi connectivity index (χ3v) is 4.30. The molecule has 1 N–H and O–H groups in total.